The van der Waals surface area contributed by atoms with Gasteiger partial charge in [-0.25, -0.2) is 0 Å². The summed E-state index contributed by atoms with van der Waals surface area (Å²) in [6.45, 7) is 4.46. The molecule has 4 heteroatoms. The maximum Gasteiger partial charge on any atom is 0.239 e. The Kier molecular flexibility index (Phi) is 4.55. The van der Waals surface area contributed by atoms with Crippen LogP contribution in [0.25, 0.3) is 0 Å². The van der Waals surface area contributed by atoms with Crippen molar-refractivity contribution < 1.29 is 9.21 Å². The standard InChI is InChI=1S/C12H20N2O2/c1-4-5-11(13)12(15)14(3)8-10-6-7-16-9(10)2/h6-7,11H,4-5,8,13H2,1-3H3/t11-/m0/s1. The first kappa shape index (κ1) is 12.8. The van der Waals surface area contributed by atoms with Gasteiger partial charge in [0.2, 0.25) is 5.91 Å². The molecule has 0 saturated heterocycles. The fourth-order valence-electron chi connectivity index (χ4n) is 1.63. The Labute approximate surface area is 96.4 Å². The molecule has 0 bridgehead atoms. The summed E-state index contributed by atoms with van der Waals surface area (Å²) in [5.74, 6) is 0.839. The second kappa shape index (κ2) is 5.70. The number of amides is 1. The van der Waals surface area contributed by atoms with Gasteiger partial charge in [0.1, 0.15) is 5.76 Å². The molecule has 90 valence electrons. The highest BCUT2D eigenvalue weighted by molar-refractivity contribution is 5.81. The highest BCUT2D eigenvalue weighted by Gasteiger charge is 2.18. The van der Waals surface area contributed by atoms with E-state index in [4.69, 9.17) is 10.2 Å². The molecule has 0 radical (unpaired) electrons. The minimum Gasteiger partial charge on any atom is -0.469 e. The van der Waals surface area contributed by atoms with E-state index in [1.807, 2.05) is 19.9 Å². The molecule has 16 heavy (non-hydrogen) atoms. The Morgan fingerprint density at radius 3 is 2.81 bits per heavy atom. The van der Waals surface area contributed by atoms with E-state index in [0.29, 0.717) is 6.54 Å². The zero-order valence-electron chi connectivity index (χ0n) is 10.2. The molecule has 1 heterocycles. The summed E-state index contributed by atoms with van der Waals surface area (Å²) in [5, 5.41) is 0. The van der Waals surface area contributed by atoms with Gasteiger partial charge in [0, 0.05) is 19.2 Å². The van der Waals surface area contributed by atoms with Crippen LogP contribution in [0.1, 0.15) is 31.1 Å². The molecule has 0 aliphatic heterocycles. The topological polar surface area (TPSA) is 59.5 Å². The number of carbonyl (C=O) groups is 1. The SMILES string of the molecule is CCC[C@H](N)C(=O)N(C)Cc1ccoc1C. The Morgan fingerprint density at radius 1 is 1.62 bits per heavy atom. The summed E-state index contributed by atoms with van der Waals surface area (Å²) in [4.78, 5) is 13.5. The first-order valence-electron chi connectivity index (χ1n) is 5.59. The Balaban J connectivity index is 2.55. The van der Waals surface area contributed by atoms with Gasteiger partial charge in [-0.3, -0.25) is 4.79 Å². The van der Waals surface area contributed by atoms with Gasteiger partial charge in [0.25, 0.3) is 0 Å². The van der Waals surface area contributed by atoms with E-state index >= 15 is 0 Å². The van der Waals surface area contributed by atoms with Gasteiger partial charge < -0.3 is 15.1 Å². The summed E-state index contributed by atoms with van der Waals surface area (Å²) < 4.78 is 5.18. The van der Waals surface area contributed by atoms with E-state index in [-0.39, 0.29) is 11.9 Å². The van der Waals surface area contributed by atoms with Crippen LogP contribution in [0, 0.1) is 6.92 Å². The van der Waals surface area contributed by atoms with E-state index < -0.39 is 0 Å². The van der Waals surface area contributed by atoms with Crippen molar-refractivity contribution >= 4 is 5.91 Å². The normalized spacial score (nSPS) is 12.5. The summed E-state index contributed by atoms with van der Waals surface area (Å²) >= 11 is 0. The summed E-state index contributed by atoms with van der Waals surface area (Å²) in [6.07, 6.45) is 3.29. The van der Waals surface area contributed by atoms with E-state index in [1.54, 1.807) is 18.2 Å². The third-order valence-electron chi connectivity index (χ3n) is 2.67. The van der Waals surface area contributed by atoms with Gasteiger partial charge in [-0.2, -0.15) is 0 Å². The predicted octanol–water partition coefficient (Wildman–Crippen LogP) is 1.67. The molecule has 0 aromatic carbocycles. The number of hydrogen-bond acceptors (Lipinski definition) is 3. The molecule has 0 unspecified atom stereocenters. The van der Waals surface area contributed by atoms with Crippen molar-refractivity contribution in [2.75, 3.05) is 7.05 Å². The summed E-state index contributed by atoms with van der Waals surface area (Å²) in [5.41, 5.74) is 6.81. The molecule has 4 nitrogen and oxygen atoms in total. The highest BCUT2D eigenvalue weighted by atomic mass is 16.3. The number of rotatable bonds is 5. The quantitative estimate of drug-likeness (QED) is 0.827. The minimum atomic E-state index is -0.387. The molecule has 1 atom stereocenters. The third kappa shape index (κ3) is 3.10. The van der Waals surface area contributed by atoms with Crippen molar-refractivity contribution in [3.63, 3.8) is 0 Å². The van der Waals surface area contributed by atoms with Crippen molar-refractivity contribution in [1.82, 2.24) is 4.90 Å². The second-order valence-electron chi connectivity index (χ2n) is 4.09. The number of carbonyl (C=O) groups excluding carboxylic acids is 1. The fourth-order valence-corrected chi connectivity index (χ4v) is 1.63. The molecule has 1 amide bonds. The van der Waals surface area contributed by atoms with Crippen molar-refractivity contribution in [3.05, 3.63) is 23.7 Å². The van der Waals surface area contributed by atoms with Crippen molar-refractivity contribution in [1.29, 1.82) is 0 Å². The number of likely N-dealkylation sites (N-methyl/N-ethyl adjacent to an activating group) is 1. The van der Waals surface area contributed by atoms with Gasteiger partial charge in [0.05, 0.1) is 12.3 Å². The lowest BCUT2D eigenvalue weighted by atomic mass is 10.1. The monoisotopic (exact) mass is 224 g/mol. The van der Waals surface area contributed by atoms with Crippen LogP contribution in [0.3, 0.4) is 0 Å². The van der Waals surface area contributed by atoms with Gasteiger partial charge in [-0.1, -0.05) is 13.3 Å². The molecular formula is C12H20N2O2. The molecular weight excluding hydrogens is 204 g/mol. The third-order valence-corrected chi connectivity index (χ3v) is 2.67. The second-order valence-corrected chi connectivity index (χ2v) is 4.09. The van der Waals surface area contributed by atoms with Crippen LogP contribution in [0.2, 0.25) is 0 Å². The number of hydrogen-bond donors (Lipinski definition) is 1. The lowest BCUT2D eigenvalue weighted by Crippen LogP contribution is -2.41. The molecule has 2 N–H and O–H groups in total. The Hall–Kier alpha value is -1.29. The minimum absolute atomic E-state index is 0.0116. The van der Waals surface area contributed by atoms with Crippen LogP contribution in [0.5, 0.6) is 0 Å². The number of nitrogens with two attached hydrogens (primary N) is 1. The summed E-state index contributed by atoms with van der Waals surface area (Å²) in [7, 11) is 1.77. The van der Waals surface area contributed by atoms with Crippen LogP contribution in [-0.2, 0) is 11.3 Å². The summed E-state index contributed by atoms with van der Waals surface area (Å²) in [6, 6.07) is 1.49. The average molecular weight is 224 g/mol. The van der Waals surface area contributed by atoms with Crippen LogP contribution < -0.4 is 5.73 Å². The van der Waals surface area contributed by atoms with Gasteiger partial charge >= 0.3 is 0 Å². The van der Waals surface area contributed by atoms with E-state index in [2.05, 4.69) is 0 Å². The Morgan fingerprint density at radius 2 is 2.31 bits per heavy atom. The molecule has 1 rings (SSSR count). The largest absolute Gasteiger partial charge is 0.469 e. The van der Waals surface area contributed by atoms with E-state index in [0.717, 1.165) is 24.2 Å². The molecule has 0 spiro atoms. The maximum atomic E-state index is 11.8. The zero-order chi connectivity index (χ0) is 12.1. The van der Waals surface area contributed by atoms with E-state index in [9.17, 15) is 4.79 Å². The number of nitrogens with zero attached hydrogens (tertiary/aromatic N) is 1. The molecule has 0 saturated carbocycles. The number of aryl methyl sites for hydroxylation is 1. The maximum absolute atomic E-state index is 11.8. The first-order valence-corrected chi connectivity index (χ1v) is 5.59. The zero-order valence-corrected chi connectivity index (χ0v) is 10.2. The number of furan rings is 1. The molecule has 1 aromatic heterocycles. The van der Waals surface area contributed by atoms with Gasteiger partial charge in [0.15, 0.2) is 0 Å². The van der Waals surface area contributed by atoms with Crippen LogP contribution in [0.15, 0.2) is 16.7 Å². The molecule has 0 aliphatic carbocycles. The van der Waals surface area contributed by atoms with Crippen LogP contribution in [0.4, 0.5) is 0 Å². The van der Waals surface area contributed by atoms with Crippen molar-refractivity contribution in [3.8, 4) is 0 Å². The molecule has 0 fully saturated rings. The van der Waals surface area contributed by atoms with Crippen LogP contribution >= 0.6 is 0 Å². The molecule has 1 aromatic rings. The van der Waals surface area contributed by atoms with Gasteiger partial charge in [-0.05, 0) is 19.4 Å². The smallest absolute Gasteiger partial charge is 0.239 e. The lowest BCUT2D eigenvalue weighted by molar-refractivity contribution is -0.132. The lowest BCUT2D eigenvalue weighted by Gasteiger charge is -2.20. The van der Waals surface area contributed by atoms with Crippen molar-refractivity contribution in [2.24, 2.45) is 5.73 Å². The molecule has 0 aliphatic rings. The highest BCUT2D eigenvalue weighted by Crippen LogP contribution is 2.11. The van der Waals surface area contributed by atoms with E-state index in [1.165, 1.54) is 0 Å². The van der Waals surface area contributed by atoms with Crippen molar-refractivity contribution in [2.45, 2.75) is 39.3 Å². The van der Waals surface area contributed by atoms with Gasteiger partial charge in [-0.15, -0.1) is 0 Å². The fraction of sp³-hybridized carbons (Fsp3) is 0.583. The Bertz CT molecular complexity index is 347. The predicted molar refractivity (Wildman–Crippen MR) is 62.8 cm³/mol. The first-order chi connectivity index (χ1) is 7.56. The van der Waals surface area contributed by atoms with Crippen LogP contribution in [-0.4, -0.2) is 23.9 Å². The average Bonchev–Trinajstić information content (AvgIpc) is 2.63.